The zero-order valence-electron chi connectivity index (χ0n) is 24.0. The molecule has 0 bridgehead atoms. The molecule has 6 nitrogen and oxygen atoms in total. The monoisotopic (exact) mass is 763 g/mol. The summed E-state index contributed by atoms with van der Waals surface area (Å²) in [6.07, 6.45) is 4.61. The summed E-state index contributed by atoms with van der Waals surface area (Å²) in [5, 5.41) is 5.39. The third kappa shape index (κ3) is 10.2. The van der Waals surface area contributed by atoms with Crippen molar-refractivity contribution in [2.75, 3.05) is 23.7 Å². The maximum atomic E-state index is 6.47. The second kappa shape index (κ2) is 16.4. The molecule has 0 saturated carbocycles. The van der Waals surface area contributed by atoms with Crippen LogP contribution < -0.4 is 16.9 Å². The molecule has 3 atom stereocenters. The predicted octanol–water partition coefficient (Wildman–Crippen LogP) is 4.47. The summed E-state index contributed by atoms with van der Waals surface area (Å²) >= 11 is 1.14. The molecule has 0 aromatic heterocycles. The van der Waals surface area contributed by atoms with Gasteiger partial charge in [-0.15, -0.1) is 9.24 Å². The topological polar surface area (TPSA) is 73.8 Å². The van der Waals surface area contributed by atoms with Crippen molar-refractivity contribution in [1.82, 2.24) is 20.1 Å². The summed E-state index contributed by atoms with van der Waals surface area (Å²) in [5.74, 6) is 6.68. The molecule has 4 rings (SSSR count). The first-order chi connectivity index (χ1) is 19.9. The number of likely N-dealkylation sites (tertiary alicyclic amines) is 1. The van der Waals surface area contributed by atoms with E-state index in [1.165, 1.54) is 28.0 Å². The van der Waals surface area contributed by atoms with Crippen molar-refractivity contribution in [2.45, 2.75) is 44.2 Å². The van der Waals surface area contributed by atoms with Crippen LogP contribution in [0.4, 0.5) is 0 Å². The summed E-state index contributed by atoms with van der Waals surface area (Å²) in [5.41, 5.74) is 13.6. The van der Waals surface area contributed by atoms with Gasteiger partial charge in [0.15, 0.2) is 0 Å². The first-order valence-electron chi connectivity index (χ1n) is 14.4. The molecule has 0 amide bonds. The summed E-state index contributed by atoms with van der Waals surface area (Å²) in [7, 11) is 2.90. The Hall–Kier alpha value is -2.23. The molecule has 1 fully saturated rings. The fourth-order valence-electron chi connectivity index (χ4n) is 5.12. The van der Waals surface area contributed by atoms with Crippen LogP contribution in [0, 0.1) is 0 Å². The Labute approximate surface area is 264 Å². The summed E-state index contributed by atoms with van der Waals surface area (Å²) < 4.78 is 1.12. The number of aryl methyl sites for hydroxylation is 1. The van der Waals surface area contributed by atoms with Gasteiger partial charge in [-0.05, 0) is 16.7 Å². The summed E-state index contributed by atoms with van der Waals surface area (Å²) in [4.78, 5) is 4.88. The molecule has 8 heteroatoms. The molecule has 1 aliphatic heterocycles. The summed E-state index contributed by atoms with van der Waals surface area (Å²) in [6, 6.07) is 30.2. The van der Waals surface area contributed by atoms with Crippen molar-refractivity contribution in [1.29, 1.82) is 0 Å². The van der Waals surface area contributed by atoms with E-state index in [1.54, 1.807) is 0 Å². The average Bonchev–Trinajstić information content (AvgIpc) is 3.51. The predicted molar refractivity (Wildman–Crippen MR) is 175 cm³/mol. The van der Waals surface area contributed by atoms with Crippen LogP contribution in [-0.2, 0) is 19.5 Å². The number of nitrogens with zero attached hydrogens (tertiary/aromatic N) is 3. The Morgan fingerprint density at radius 2 is 1.68 bits per heavy atom. The van der Waals surface area contributed by atoms with Crippen LogP contribution in [0.3, 0.4) is 0 Å². The van der Waals surface area contributed by atoms with E-state index in [4.69, 9.17) is 11.6 Å². The minimum absolute atomic E-state index is 0.206. The van der Waals surface area contributed by atoms with E-state index in [0.29, 0.717) is 0 Å². The summed E-state index contributed by atoms with van der Waals surface area (Å²) in [6.45, 7) is 8.99. The van der Waals surface area contributed by atoms with Gasteiger partial charge in [0.1, 0.15) is 0 Å². The van der Waals surface area contributed by atoms with Crippen LogP contribution in [0.2, 0.25) is 0 Å². The van der Waals surface area contributed by atoms with Crippen molar-refractivity contribution < 1.29 is 0 Å². The van der Waals surface area contributed by atoms with Gasteiger partial charge in [0.05, 0.1) is 0 Å². The molecular formula is C33H44N6PPb. The zero-order valence-corrected chi connectivity index (χ0v) is 29.0. The molecule has 215 valence electrons. The molecule has 41 heavy (non-hydrogen) atoms. The fourth-order valence-corrected chi connectivity index (χ4v) is 6.33. The number of nitrogens with one attached hydrogen (secondary N) is 1. The Kier molecular flexibility index (Phi) is 12.7. The molecule has 3 aromatic rings. The first-order valence-corrected chi connectivity index (χ1v) is 17.8. The van der Waals surface area contributed by atoms with Gasteiger partial charge in [-0.1, -0.05) is 54.6 Å². The Balaban J connectivity index is 1.19. The van der Waals surface area contributed by atoms with Gasteiger partial charge in [0, 0.05) is 12.3 Å². The van der Waals surface area contributed by atoms with Crippen LogP contribution in [0.1, 0.15) is 40.9 Å². The van der Waals surface area contributed by atoms with Crippen molar-refractivity contribution in [2.24, 2.45) is 11.6 Å². The molecule has 2 unspecified atom stereocenters. The van der Waals surface area contributed by atoms with Crippen LogP contribution in [0.15, 0.2) is 109 Å². The molecule has 0 aliphatic carbocycles. The molecule has 1 saturated heterocycles. The zero-order chi connectivity index (χ0) is 29.0. The Morgan fingerprint density at radius 3 is 2.34 bits per heavy atom. The van der Waals surface area contributed by atoms with E-state index in [2.05, 4.69) is 110 Å². The maximum absolute atomic E-state index is 6.47. The molecule has 1 aliphatic rings. The van der Waals surface area contributed by atoms with E-state index in [9.17, 15) is 0 Å². The van der Waals surface area contributed by atoms with E-state index >= 15 is 0 Å². The van der Waals surface area contributed by atoms with Crippen LogP contribution in [0.25, 0.3) is 0 Å². The standard InChI is InChI=1S/C33H44N6P.Pb/c1-26(22-37(2)23-29-11-7-4-8-12-29)38-20-19-32(25-38)39(35)24-31(34)18-15-27-13-16-30(17-14-27)33(40)36-21-28-9-5-3-6-10-28;/h3-14,16-17,24,32-33,36H,1-2,15,18-23,25,34-35,40H2;/b31-24-;/t32-,33?;/m0./s1. The SMILES string of the molecule is C=C(CN([CH2][Pb])Cc1ccccc1)N1CC[C@H](N(N)/C=C(\N)CCc2ccc(C(P)NCc3ccccc3)cc2)C1. The molecule has 0 spiro atoms. The first kappa shape index (κ1) is 31.7. The quantitative estimate of drug-likeness (QED) is 0.0920. The molecule has 1 heterocycles. The fraction of sp³-hybridized carbons (Fsp3) is 0.333. The van der Waals surface area contributed by atoms with Crippen LogP contribution in [0.5, 0.6) is 0 Å². The van der Waals surface area contributed by atoms with Gasteiger partial charge in [-0.2, -0.15) is 0 Å². The third-order valence-corrected chi connectivity index (χ3v) is 10.00. The second-order valence-corrected chi connectivity index (χ2v) is 12.7. The second-order valence-electron chi connectivity index (χ2n) is 10.8. The van der Waals surface area contributed by atoms with Crippen LogP contribution >= 0.6 is 9.24 Å². The van der Waals surface area contributed by atoms with Crippen molar-refractivity contribution in [3.8, 4) is 0 Å². The van der Waals surface area contributed by atoms with Gasteiger partial charge >= 0.3 is 168 Å². The van der Waals surface area contributed by atoms with Gasteiger partial charge in [-0.25, -0.2) is 0 Å². The average molecular weight is 763 g/mol. The van der Waals surface area contributed by atoms with Crippen LogP contribution in [-0.4, -0.2) is 70.4 Å². The number of benzene rings is 3. The number of allylic oxidation sites excluding steroid dienone is 1. The molecule has 5 N–H and O–H groups in total. The normalized spacial score (nSPS) is 16.2. The number of hydrogen-bond donors (Lipinski definition) is 3. The van der Waals surface area contributed by atoms with Gasteiger partial charge in [0.25, 0.3) is 0 Å². The van der Waals surface area contributed by atoms with Crippen molar-refractivity contribution >= 4 is 35.0 Å². The molecule has 3 radical (unpaired) electrons. The number of nitrogens with two attached hydrogens (primary N) is 2. The molecular weight excluding hydrogens is 719 g/mol. The van der Waals surface area contributed by atoms with E-state index in [0.717, 1.165) is 87.6 Å². The molecule has 3 aromatic carbocycles. The number of hydrazine groups is 1. The number of hydrogen-bond acceptors (Lipinski definition) is 6. The van der Waals surface area contributed by atoms with E-state index < -0.39 is 0 Å². The van der Waals surface area contributed by atoms with Gasteiger partial charge in [0.2, 0.25) is 0 Å². The third-order valence-electron chi connectivity index (χ3n) is 7.64. The van der Waals surface area contributed by atoms with E-state index in [1.807, 2.05) is 17.3 Å². The van der Waals surface area contributed by atoms with Gasteiger partial charge in [-0.3, -0.25) is 0 Å². The minimum atomic E-state index is 0.206. The Morgan fingerprint density at radius 1 is 1.02 bits per heavy atom. The van der Waals surface area contributed by atoms with E-state index in [-0.39, 0.29) is 11.8 Å². The number of rotatable bonds is 15. The van der Waals surface area contributed by atoms with Crippen molar-refractivity contribution in [3.63, 3.8) is 0 Å². The van der Waals surface area contributed by atoms with Crippen molar-refractivity contribution in [3.05, 3.63) is 131 Å². The van der Waals surface area contributed by atoms with Gasteiger partial charge < -0.3 is 5.32 Å². The Bertz CT molecular complexity index is 1240.